The van der Waals surface area contributed by atoms with Gasteiger partial charge in [-0.3, -0.25) is 4.79 Å². The molecule has 0 spiro atoms. The van der Waals surface area contributed by atoms with Gasteiger partial charge in [-0.15, -0.1) is 11.8 Å². The number of halogens is 2. The van der Waals surface area contributed by atoms with Gasteiger partial charge < -0.3 is 4.74 Å². The van der Waals surface area contributed by atoms with Crippen molar-refractivity contribution in [3.63, 3.8) is 0 Å². The van der Waals surface area contributed by atoms with Gasteiger partial charge in [-0.25, -0.2) is 8.78 Å². The number of ether oxygens (including phenoxy) is 1. The number of carbonyl (C=O) groups is 1. The summed E-state index contributed by atoms with van der Waals surface area (Å²) in [7, 11) is 0. The van der Waals surface area contributed by atoms with Crippen molar-refractivity contribution in [2.24, 2.45) is 0 Å². The average molecular weight is 324 g/mol. The van der Waals surface area contributed by atoms with Gasteiger partial charge in [-0.1, -0.05) is 26.7 Å². The number of rotatable bonds is 10. The Balaban J connectivity index is 4.19. The van der Waals surface area contributed by atoms with Gasteiger partial charge >= 0.3 is 5.97 Å². The van der Waals surface area contributed by atoms with Gasteiger partial charge in [-0.05, 0) is 39.4 Å². The van der Waals surface area contributed by atoms with Crippen LogP contribution >= 0.6 is 11.8 Å². The third-order valence-electron chi connectivity index (χ3n) is 2.84. The standard InChI is InChI=1S/C16H30F2O2S/c1-6-9-13(14(19)20-15(3,4)5)21-12-8-11-16(17,18)10-7-2/h13H,6-12H2,1-5H3. The van der Waals surface area contributed by atoms with E-state index in [-0.39, 0.29) is 24.1 Å². The van der Waals surface area contributed by atoms with Crippen LogP contribution < -0.4 is 0 Å². The van der Waals surface area contributed by atoms with Crippen LogP contribution in [0.5, 0.6) is 0 Å². The first kappa shape index (κ1) is 20.7. The zero-order valence-electron chi connectivity index (χ0n) is 14.0. The fourth-order valence-corrected chi connectivity index (χ4v) is 3.13. The second-order valence-electron chi connectivity index (χ2n) is 6.39. The van der Waals surface area contributed by atoms with Crippen LogP contribution in [0.4, 0.5) is 8.78 Å². The number of hydrogen-bond donors (Lipinski definition) is 0. The van der Waals surface area contributed by atoms with Crippen molar-refractivity contribution < 1.29 is 18.3 Å². The van der Waals surface area contributed by atoms with E-state index in [9.17, 15) is 13.6 Å². The zero-order valence-corrected chi connectivity index (χ0v) is 14.8. The van der Waals surface area contributed by atoms with E-state index in [1.165, 1.54) is 11.8 Å². The number of hydrogen-bond acceptors (Lipinski definition) is 3. The number of esters is 1. The normalized spacial score (nSPS) is 14.0. The summed E-state index contributed by atoms with van der Waals surface area (Å²) in [6, 6.07) is 0. The molecule has 0 saturated carbocycles. The molecule has 0 radical (unpaired) electrons. The molecule has 0 N–H and O–H groups in total. The molecular weight excluding hydrogens is 294 g/mol. The topological polar surface area (TPSA) is 26.3 Å². The van der Waals surface area contributed by atoms with Gasteiger partial charge in [0.05, 0.1) is 0 Å². The summed E-state index contributed by atoms with van der Waals surface area (Å²) in [4.78, 5) is 12.1. The molecule has 1 atom stereocenters. The third-order valence-corrected chi connectivity index (χ3v) is 4.20. The van der Waals surface area contributed by atoms with Crippen molar-refractivity contribution in [2.75, 3.05) is 5.75 Å². The smallest absolute Gasteiger partial charge is 0.319 e. The van der Waals surface area contributed by atoms with Crippen LogP contribution in [0.3, 0.4) is 0 Å². The molecule has 0 aliphatic rings. The molecule has 126 valence electrons. The summed E-state index contributed by atoms with van der Waals surface area (Å²) in [5.74, 6) is -2.22. The molecule has 0 aromatic carbocycles. The highest BCUT2D eigenvalue weighted by Gasteiger charge is 2.28. The van der Waals surface area contributed by atoms with Gasteiger partial charge in [0.15, 0.2) is 0 Å². The third kappa shape index (κ3) is 11.0. The summed E-state index contributed by atoms with van der Waals surface area (Å²) in [6.45, 7) is 9.29. The Bertz CT molecular complexity index is 301. The molecule has 0 fully saturated rings. The van der Waals surface area contributed by atoms with Crippen molar-refractivity contribution in [3.05, 3.63) is 0 Å². The molecule has 21 heavy (non-hydrogen) atoms. The van der Waals surface area contributed by atoms with Crippen molar-refractivity contribution in [1.82, 2.24) is 0 Å². The van der Waals surface area contributed by atoms with Gasteiger partial charge in [0.1, 0.15) is 10.9 Å². The molecule has 0 aromatic heterocycles. The van der Waals surface area contributed by atoms with Gasteiger partial charge in [-0.2, -0.15) is 0 Å². The van der Waals surface area contributed by atoms with E-state index < -0.39 is 11.5 Å². The molecule has 0 aromatic rings. The van der Waals surface area contributed by atoms with Crippen LogP contribution in [0.25, 0.3) is 0 Å². The maximum Gasteiger partial charge on any atom is 0.319 e. The van der Waals surface area contributed by atoms with Crippen LogP contribution in [-0.4, -0.2) is 28.5 Å². The van der Waals surface area contributed by atoms with Crippen LogP contribution in [0, 0.1) is 0 Å². The van der Waals surface area contributed by atoms with Crippen LogP contribution in [0.15, 0.2) is 0 Å². The maximum atomic E-state index is 13.4. The predicted molar refractivity (Wildman–Crippen MR) is 86.1 cm³/mol. The highest BCUT2D eigenvalue weighted by atomic mass is 32.2. The average Bonchev–Trinajstić information content (AvgIpc) is 2.30. The molecule has 5 heteroatoms. The minimum Gasteiger partial charge on any atom is -0.459 e. The lowest BCUT2D eigenvalue weighted by Gasteiger charge is -2.23. The summed E-state index contributed by atoms with van der Waals surface area (Å²) >= 11 is 1.45. The van der Waals surface area contributed by atoms with E-state index in [0.717, 1.165) is 12.8 Å². The summed E-state index contributed by atoms with van der Waals surface area (Å²) < 4.78 is 32.1. The van der Waals surface area contributed by atoms with Crippen molar-refractivity contribution >= 4 is 17.7 Å². The fraction of sp³-hybridized carbons (Fsp3) is 0.938. The molecule has 0 aliphatic heterocycles. The van der Waals surface area contributed by atoms with Gasteiger partial charge in [0, 0.05) is 12.8 Å². The van der Waals surface area contributed by atoms with Crippen LogP contribution in [0.2, 0.25) is 0 Å². The molecule has 0 amide bonds. The Morgan fingerprint density at radius 3 is 2.24 bits per heavy atom. The lowest BCUT2D eigenvalue weighted by Crippen LogP contribution is -2.30. The van der Waals surface area contributed by atoms with Gasteiger partial charge in [0.2, 0.25) is 5.92 Å². The molecule has 0 saturated heterocycles. The molecule has 0 heterocycles. The van der Waals surface area contributed by atoms with Crippen LogP contribution in [0.1, 0.15) is 73.1 Å². The number of carbonyl (C=O) groups excluding carboxylic acids is 1. The predicted octanol–water partition coefficient (Wildman–Crippen LogP) is 5.45. The molecule has 0 rings (SSSR count). The summed E-state index contributed by atoms with van der Waals surface area (Å²) in [5, 5.41) is -0.242. The fourth-order valence-electron chi connectivity index (χ4n) is 1.95. The molecule has 0 bridgehead atoms. The van der Waals surface area contributed by atoms with Crippen molar-refractivity contribution in [2.45, 2.75) is 89.9 Å². The summed E-state index contributed by atoms with van der Waals surface area (Å²) in [5.41, 5.74) is -0.502. The Kier molecular flexibility index (Phi) is 9.50. The lowest BCUT2D eigenvalue weighted by atomic mass is 10.1. The first-order chi connectivity index (χ1) is 9.61. The second-order valence-corrected chi connectivity index (χ2v) is 7.70. The highest BCUT2D eigenvalue weighted by molar-refractivity contribution is 8.00. The van der Waals surface area contributed by atoms with E-state index in [2.05, 4.69) is 0 Å². The molecule has 1 unspecified atom stereocenters. The zero-order chi connectivity index (χ0) is 16.5. The summed E-state index contributed by atoms with van der Waals surface area (Å²) in [6.07, 6.45) is 2.38. The minimum absolute atomic E-state index is 0.0535. The largest absolute Gasteiger partial charge is 0.459 e. The van der Waals surface area contributed by atoms with E-state index >= 15 is 0 Å². The first-order valence-electron chi connectivity index (χ1n) is 7.83. The monoisotopic (exact) mass is 324 g/mol. The Morgan fingerprint density at radius 1 is 1.14 bits per heavy atom. The number of thioether (sulfide) groups is 1. The Hall–Kier alpha value is -0.320. The van der Waals surface area contributed by atoms with E-state index in [0.29, 0.717) is 18.6 Å². The first-order valence-corrected chi connectivity index (χ1v) is 8.88. The highest BCUT2D eigenvalue weighted by Crippen LogP contribution is 2.28. The minimum atomic E-state index is -2.57. The van der Waals surface area contributed by atoms with E-state index in [1.807, 2.05) is 27.7 Å². The van der Waals surface area contributed by atoms with Gasteiger partial charge in [0.25, 0.3) is 0 Å². The lowest BCUT2D eigenvalue weighted by molar-refractivity contribution is -0.154. The van der Waals surface area contributed by atoms with E-state index in [4.69, 9.17) is 4.74 Å². The van der Waals surface area contributed by atoms with Crippen molar-refractivity contribution in [1.29, 1.82) is 0 Å². The van der Waals surface area contributed by atoms with Crippen molar-refractivity contribution in [3.8, 4) is 0 Å². The SMILES string of the molecule is CCCC(SCCCC(F)(F)CCC)C(=O)OC(C)(C)C. The Morgan fingerprint density at radius 2 is 1.76 bits per heavy atom. The molecule has 0 aliphatic carbocycles. The second kappa shape index (κ2) is 9.65. The molecule has 2 nitrogen and oxygen atoms in total. The maximum absolute atomic E-state index is 13.4. The van der Waals surface area contributed by atoms with Crippen LogP contribution in [-0.2, 0) is 9.53 Å². The van der Waals surface area contributed by atoms with E-state index in [1.54, 1.807) is 6.92 Å². The Labute approximate surface area is 132 Å². The molecular formula is C16H30F2O2S. The number of alkyl halides is 2. The quantitative estimate of drug-likeness (QED) is 0.395.